The van der Waals surface area contributed by atoms with Gasteiger partial charge in [-0.3, -0.25) is 0 Å². The van der Waals surface area contributed by atoms with Crippen LogP contribution in [0.15, 0.2) is 0 Å². The first-order valence-corrected chi connectivity index (χ1v) is 4.54. The van der Waals surface area contributed by atoms with Gasteiger partial charge in [-0.05, 0) is 12.8 Å². The van der Waals surface area contributed by atoms with Gasteiger partial charge in [0, 0.05) is 0 Å². The summed E-state index contributed by atoms with van der Waals surface area (Å²) in [7, 11) is 0. The fraction of sp³-hybridized carbons (Fsp3) is 1.00. The fourth-order valence-corrected chi connectivity index (χ4v) is 2.10. The molecule has 0 N–H and O–H groups in total. The molecule has 1 rings (SSSR count). The lowest BCUT2D eigenvalue weighted by molar-refractivity contribution is 0.499. The Balaban J connectivity index is 2.33. The number of hydrogen-bond acceptors (Lipinski definition) is 0. The van der Waals surface area contributed by atoms with Gasteiger partial charge in [-0.2, -0.15) is 0 Å². The largest absolute Gasteiger partial charge is 0.108 e. The van der Waals surface area contributed by atoms with E-state index in [2.05, 4.69) is 22.6 Å². The van der Waals surface area contributed by atoms with E-state index in [1.807, 2.05) is 0 Å². The average molecular weight is 245 g/mol. The Morgan fingerprint density at radius 3 is 1.88 bits per heavy atom. The van der Waals surface area contributed by atoms with Crippen molar-refractivity contribution in [2.75, 3.05) is 0 Å². The minimum atomic E-state index is 0.121. The van der Waals surface area contributed by atoms with Crippen molar-refractivity contribution in [3.63, 3.8) is 0 Å². The summed E-state index contributed by atoms with van der Waals surface area (Å²) in [6, 6.07) is 0. The molecular formula is C6H10ClI. The Morgan fingerprint density at radius 2 is 1.62 bits per heavy atom. The molecule has 0 bridgehead atoms. The van der Waals surface area contributed by atoms with Crippen molar-refractivity contribution in [2.24, 2.45) is 0 Å². The monoisotopic (exact) mass is 244 g/mol. The van der Waals surface area contributed by atoms with Gasteiger partial charge >= 0.3 is 0 Å². The zero-order valence-corrected chi connectivity index (χ0v) is 7.70. The molecule has 0 nitrogen and oxygen atoms in total. The summed E-state index contributed by atoms with van der Waals surface area (Å²) in [5, 5.41) is 0. The third-order valence-electron chi connectivity index (χ3n) is 1.59. The van der Waals surface area contributed by atoms with Crippen LogP contribution in [0.3, 0.4) is 0 Å². The van der Waals surface area contributed by atoms with Crippen molar-refractivity contribution in [3.8, 4) is 0 Å². The summed E-state index contributed by atoms with van der Waals surface area (Å²) >= 11 is 8.42. The predicted octanol–water partition coefficient (Wildman–Crippen LogP) is 3.32. The normalized spacial score (nSPS) is 27.8. The van der Waals surface area contributed by atoms with E-state index < -0.39 is 0 Å². The Morgan fingerprint density at radius 1 is 1.12 bits per heavy atom. The van der Waals surface area contributed by atoms with Gasteiger partial charge in [-0.1, -0.05) is 41.9 Å². The first kappa shape index (κ1) is 7.13. The fourth-order valence-electron chi connectivity index (χ4n) is 1.07. The zero-order chi connectivity index (χ0) is 6.04. The van der Waals surface area contributed by atoms with Crippen LogP contribution in [0.2, 0.25) is 0 Å². The summed E-state index contributed by atoms with van der Waals surface area (Å²) in [6.45, 7) is 0. The lowest BCUT2D eigenvalue weighted by Crippen LogP contribution is -2.15. The maximum Gasteiger partial charge on any atom is 0.0957 e. The summed E-state index contributed by atoms with van der Waals surface area (Å²) in [5.41, 5.74) is 0. The molecule has 0 saturated heterocycles. The highest BCUT2D eigenvalue weighted by atomic mass is 127. The van der Waals surface area contributed by atoms with E-state index in [0.29, 0.717) is 0 Å². The molecule has 0 aliphatic heterocycles. The number of rotatable bonds is 0. The van der Waals surface area contributed by atoms with E-state index in [1.54, 1.807) is 0 Å². The molecule has 0 heterocycles. The minimum Gasteiger partial charge on any atom is -0.108 e. The summed E-state index contributed by atoms with van der Waals surface area (Å²) in [6.07, 6.45) is 6.45. The van der Waals surface area contributed by atoms with Gasteiger partial charge in [-0.25, -0.2) is 0 Å². The molecule has 0 aromatic carbocycles. The molecule has 0 atom stereocenters. The predicted molar refractivity (Wildman–Crippen MR) is 45.7 cm³/mol. The average Bonchev–Trinajstić information content (AvgIpc) is 1.65. The van der Waals surface area contributed by atoms with Gasteiger partial charge < -0.3 is 0 Å². The molecule has 0 aromatic heterocycles. The number of hydrogen-bond donors (Lipinski definition) is 0. The molecule has 1 saturated carbocycles. The van der Waals surface area contributed by atoms with Crippen LogP contribution in [0.4, 0.5) is 0 Å². The minimum absolute atomic E-state index is 0.121. The summed E-state index contributed by atoms with van der Waals surface area (Å²) in [4.78, 5) is 0. The van der Waals surface area contributed by atoms with E-state index in [9.17, 15) is 0 Å². The van der Waals surface area contributed by atoms with Gasteiger partial charge in [0.15, 0.2) is 0 Å². The van der Waals surface area contributed by atoms with Crippen molar-refractivity contribution in [3.05, 3.63) is 0 Å². The van der Waals surface area contributed by atoms with Gasteiger partial charge in [0.1, 0.15) is 0 Å². The highest BCUT2D eigenvalue weighted by Crippen LogP contribution is 2.39. The molecular weight excluding hydrogens is 234 g/mol. The Labute approximate surface area is 69.1 Å². The number of alkyl halides is 2. The van der Waals surface area contributed by atoms with Crippen LogP contribution in [-0.2, 0) is 0 Å². The van der Waals surface area contributed by atoms with Crippen LogP contribution in [-0.4, -0.2) is 2.88 Å². The van der Waals surface area contributed by atoms with Gasteiger partial charge in [0.25, 0.3) is 0 Å². The van der Waals surface area contributed by atoms with Crippen LogP contribution >= 0.6 is 34.2 Å². The quantitative estimate of drug-likeness (QED) is 0.453. The Hall–Kier alpha value is 1.02. The lowest BCUT2D eigenvalue weighted by Gasteiger charge is -2.24. The standard InChI is InChI=1S/C6H10ClI/c7-6(8)4-2-1-3-5-6/h1-5H2. The highest BCUT2D eigenvalue weighted by Gasteiger charge is 2.24. The molecule has 1 fully saturated rings. The van der Waals surface area contributed by atoms with Gasteiger partial charge in [0.2, 0.25) is 0 Å². The van der Waals surface area contributed by atoms with Gasteiger partial charge in [0.05, 0.1) is 2.88 Å². The van der Waals surface area contributed by atoms with E-state index in [-0.39, 0.29) is 2.88 Å². The van der Waals surface area contributed by atoms with Crippen LogP contribution < -0.4 is 0 Å². The molecule has 2 heteroatoms. The third kappa shape index (κ3) is 2.09. The topological polar surface area (TPSA) is 0 Å². The SMILES string of the molecule is ClC1(I)CCCCC1. The Kier molecular flexibility index (Phi) is 2.44. The molecule has 0 spiro atoms. The van der Waals surface area contributed by atoms with E-state index in [4.69, 9.17) is 11.6 Å². The zero-order valence-electron chi connectivity index (χ0n) is 4.79. The van der Waals surface area contributed by atoms with Crippen molar-refractivity contribution in [2.45, 2.75) is 35.0 Å². The molecule has 1 aliphatic rings. The summed E-state index contributed by atoms with van der Waals surface area (Å²) in [5.74, 6) is 0. The van der Waals surface area contributed by atoms with E-state index in [0.717, 1.165) is 0 Å². The van der Waals surface area contributed by atoms with Crippen LogP contribution in [0.1, 0.15) is 32.1 Å². The molecule has 48 valence electrons. The highest BCUT2D eigenvalue weighted by molar-refractivity contribution is 14.1. The second kappa shape index (κ2) is 2.74. The lowest BCUT2D eigenvalue weighted by atomic mass is 10.0. The van der Waals surface area contributed by atoms with Gasteiger partial charge in [-0.15, -0.1) is 11.6 Å². The maximum absolute atomic E-state index is 6.06. The molecule has 0 unspecified atom stereocenters. The van der Waals surface area contributed by atoms with Crippen molar-refractivity contribution in [1.82, 2.24) is 0 Å². The van der Waals surface area contributed by atoms with Crippen molar-refractivity contribution in [1.29, 1.82) is 0 Å². The first-order valence-electron chi connectivity index (χ1n) is 3.09. The Bertz CT molecular complexity index is 72.6. The first-order chi connectivity index (χ1) is 3.71. The second-order valence-corrected chi connectivity index (χ2v) is 5.84. The van der Waals surface area contributed by atoms with Crippen LogP contribution in [0.25, 0.3) is 0 Å². The number of halogens is 2. The summed E-state index contributed by atoms with van der Waals surface area (Å²) < 4.78 is 0.121. The van der Waals surface area contributed by atoms with Crippen LogP contribution in [0.5, 0.6) is 0 Å². The van der Waals surface area contributed by atoms with Crippen molar-refractivity contribution < 1.29 is 0 Å². The third-order valence-corrected chi connectivity index (χ3v) is 3.04. The molecule has 0 aromatic rings. The van der Waals surface area contributed by atoms with Crippen LogP contribution in [0, 0.1) is 0 Å². The second-order valence-electron chi connectivity index (χ2n) is 2.42. The molecule has 0 radical (unpaired) electrons. The smallest absolute Gasteiger partial charge is 0.0957 e. The molecule has 0 amide bonds. The van der Waals surface area contributed by atoms with E-state index in [1.165, 1.54) is 32.1 Å². The maximum atomic E-state index is 6.06. The molecule has 1 aliphatic carbocycles. The van der Waals surface area contributed by atoms with E-state index >= 15 is 0 Å². The molecule has 8 heavy (non-hydrogen) atoms. The van der Waals surface area contributed by atoms with Crippen molar-refractivity contribution >= 4 is 34.2 Å².